The van der Waals surface area contributed by atoms with Crippen molar-refractivity contribution in [2.24, 2.45) is 10.4 Å². The Hall–Kier alpha value is -1.17. The fourth-order valence-electron chi connectivity index (χ4n) is 1.48. The van der Waals surface area contributed by atoms with Gasteiger partial charge in [0.25, 0.3) is 0 Å². The third-order valence-electron chi connectivity index (χ3n) is 2.49. The summed E-state index contributed by atoms with van der Waals surface area (Å²) >= 11 is 1.40. The molecule has 0 aliphatic carbocycles. The highest BCUT2D eigenvalue weighted by Crippen LogP contribution is 2.29. The highest BCUT2D eigenvalue weighted by molar-refractivity contribution is 8.14. The van der Waals surface area contributed by atoms with E-state index in [1.165, 1.54) is 11.8 Å². The van der Waals surface area contributed by atoms with Crippen LogP contribution in [-0.4, -0.2) is 17.5 Å². The Morgan fingerprint density at radius 1 is 1.22 bits per heavy atom. The number of hydrogen-bond donors (Lipinski definition) is 1. The van der Waals surface area contributed by atoms with Crippen molar-refractivity contribution in [3.05, 3.63) is 29.6 Å². The van der Waals surface area contributed by atoms with Crippen LogP contribution < -0.4 is 5.32 Å². The summed E-state index contributed by atoms with van der Waals surface area (Å²) in [5, 5.41) is 3.04. The third kappa shape index (κ3) is 2.98. The third-order valence-corrected chi connectivity index (χ3v) is 3.92. The Kier molecular flexibility index (Phi) is 3.56. The molecule has 0 amide bonds. The summed E-state index contributed by atoms with van der Waals surface area (Å²) in [6, 6.07) is 1.28. The van der Waals surface area contributed by atoms with Gasteiger partial charge < -0.3 is 5.32 Å². The van der Waals surface area contributed by atoms with Gasteiger partial charge in [0.1, 0.15) is 11.5 Å². The molecule has 1 aliphatic heterocycles. The van der Waals surface area contributed by atoms with Gasteiger partial charge in [0.05, 0.1) is 0 Å². The molecule has 0 radical (unpaired) electrons. The van der Waals surface area contributed by atoms with Gasteiger partial charge in [-0.3, -0.25) is 4.99 Å². The number of anilines is 1. The zero-order valence-electron chi connectivity index (χ0n) is 10.1. The second-order valence-electron chi connectivity index (χ2n) is 4.94. The Labute approximate surface area is 108 Å². The highest BCUT2D eigenvalue weighted by Gasteiger charge is 2.24. The molecule has 2 nitrogen and oxygen atoms in total. The molecule has 1 heterocycles. The van der Waals surface area contributed by atoms with Crippen molar-refractivity contribution in [3.63, 3.8) is 0 Å². The van der Waals surface area contributed by atoms with Crippen molar-refractivity contribution < 1.29 is 13.2 Å². The molecular weight excluding hydrogens is 261 g/mol. The minimum atomic E-state index is -0.958. The molecule has 1 aromatic rings. The first-order valence-corrected chi connectivity index (χ1v) is 6.45. The van der Waals surface area contributed by atoms with Gasteiger partial charge in [-0.1, -0.05) is 25.6 Å². The minimum Gasteiger partial charge on any atom is -0.330 e. The molecule has 2 rings (SSSR count). The number of benzene rings is 1. The van der Waals surface area contributed by atoms with Crippen LogP contribution in [0.5, 0.6) is 0 Å². The molecule has 0 saturated carbocycles. The Bertz CT molecular complexity index is 477. The van der Waals surface area contributed by atoms with Gasteiger partial charge in [0.15, 0.2) is 16.8 Å². The van der Waals surface area contributed by atoms with Gasteiger partial charge in [0, 0.05) is 24.4 Å². The summed E-state index contributed by atoms with van der Waals surface area (Å²) < 4.78 is 39.6. The fraction of sp³-hybridized carbons (Fsp3) is 0.417. The molecular formula is C12H13F3N2S. The number of aliphatic imine (C=N–C) groups is 1. The van der Waals surface area contributed by atoms with E-state index < -0.39 is 17.5 Å². The van der Waals surface area contributed by atoms with Crippen molar-refractivity contribution in [2.45, 2.75) is 13.8 Å². The molecule has 0 bridgehead atoms. The Morgan fingerprint density at radius 2 is 1.83 bits per heavy atom. The van der Waals surface area contributed by atoms with Gasteiger partial charge in [0.2, 0.25) is 0 Å². The molecule has 6 heteroatoms. The number of amidine groups is 1. The summed E-state index contributed by atoms with van der Waals surface area (Å²) in [6.07, 6.45) is 0. The zero-order valence-corrected chi connectivity index (χ0v) is 10.9. The molecule has 0 unspecified atom stereocenters. The SMILES string of the molecule is CC1(C)CN=C(Nc2c(F)cc(F)cc2F)SC1. The zero-order chi connectivity index (χ0) is 13.3. The van der Waals surface area contributed by atoms with Gasteiger partial charge in [-0.15, -0.1) is 0 Å². The lowest BCUT2D eigenvalue weighted by atomic mass is 9.97. The molecule has 0 atom stereocenters. The molecule has 0 aromatic heterocycles. The molecule has 1 aromatic carbocycles. The van der Waals surface area contributed by atoms with Crippen LogP contribution in [0, 0.1) is 22.9 Å². The average molecular weight is 274 g/mol. The smallest absolute Gasteiger partial charge is 0.161 e. The fourth-order valence-corrected chi connectivity index (χ4v) is 2.43. The van der Waals surface area contributed by atoms with Crippen molar-refractivity contribution in [1.82, 2.24) is 0 Å². The minimum absolute atomic E-state index is 0.0791. The number of hydrogen-bond acceptors (Lipinski definition) is 3. The first-order valence-electron chi connectivity index (χ1n) is 5.46. The van der Waals surface area contributed by atoms with Crippen molar-refractivity contribution >= 4 is 22.6 Å². The first kappa shape index (κ1) is 13.3. The van der Waals surface area contributed by atoms with E-state index in [2.05, 4.69) is 24.2 Å². The highest BCUT2D eigenvalue weighted by atomic mass is 32.2. The largest absolute Gasteiger partial charge is 0.330 e. The van der Waals surface area contributed by atoms with Crippen LogP contribution >= 0.6 is 11.8 Å². The van der Waals surface area contributed by atoms with E-state index in [1.54, 1.807) is 0 Å². The van der Waals surface area contributed by atoms with Crippen LogP contribution in [0.2, 0.25) is 0 Å². The van der Waals surface area contributed by atoms with Crippen molar-refractivity contribution in [2.75, 3.05) is 17.6 Å². The maximum atomic E-state index is 13.4. The van der Waals surface area contributed by atoms with Crippen molar-refractivity contribution in [3.8, 4) is 0 Å². The van der Waals surface area contributed by atoms with Crippen LogP contribution in [-0.2, 0) is 0 Å². The predicted octanol–water partition coefficient (Wildman–Crippen LogP) is 3.64. The van der Waals surface area contributed by atoms with E-state index in [0.717, 1.165) is 5.75 Å². The second kappa shape index (κ2) is 4.84. The molecule has 18 heavy (non-hydrogen) atoms. The van der Waals surface area contributed by atoms with E-state index >= 15 is 0 Å². The number of halogens is 3. The van der Waals surface area contributed by atoms with Crippen LogP contribution in [0.3, 0.4) is 0 Å². The van der Waals surface area contributed by atoms with Crippen LogP contribution in [0.15, 0.2) is 17.1 Å². The summed E-state index contributed by atoms with van der Waals surface area (Å²) in [5.74, 6) is -2.04. The van der Waals surface area contributed by atoms with E-state index in [9.17, 15) is 13.2 Å². The van der Waals surface area contributed by atoms with Crippen LogP contribution in [0.1, 0.15) is 13.8 Å². The molecule has 1 aliphatic rings. The first-order chi connectivity index (χ1) is 8.37. The van der Waals surface area contributed by atoms with E-state index in [0.29, 0.717) is 23.8 Å². The normalized spacial score (nSPS) is 18.4. The summed E-state index contributed by atoms with van der Waals surface area (Å²) in [6.45, 7) is 4.73. The standard InChI is InChI=1S/C12H13F3N2S/c1-12(2)5-16-11(18-6-12)17-10-8(14)3-7(13)4-9(10)15/h3-4H,5-6H2,1-2H3,(H,16,17). The molecule has 1 N–H and O–H groups in total. The Morgan fingerprint density at radius 3 is 2.33 bits per heavy atom. The van der Waals surface area contributed by atoms with E-state index in [4.69, 9.17) is 0 Å². The second-order valence-corrected chi connectivity index (χ2v) is 5.91. The van der Waals surface area contributed by atoms with E-state index in [-0.39, 0.29) is 11.1 Å². The lowest BCUT2D eigenvalue weighted by molar-refractivity contribution is 0.438. The van der Waals surface area contributed by atoms with Crippen LogP contribution in [0.4, 0.5) is 18.9 Å². The van der Waals surface area contributed by atoms with E-state index in [1.807, 2.05) is 0 Å². The lowest BCUT2D eigenvalue weighted by Crippen LogP contribution is -2.27. The lowest BCUT2D eigenvalue weighted by Gasteiger charge is -2.27. The number of nitrogens with zero attached hydrogens (tertiary/aromatic N) is 1. The predicted molar refractivity (Wildman–Crippen MR) is 68.5 cm³/mol. The van der Waals surface area contributed by atoms with Gasteiger partial charge in [-0.05, 0) is 5.41 Å². The summed E-state index contributed by atoms with van der Waals surface area (Å²) in [7, 11) is 0. The van der Waals surface area contributed by atoms with Crippen molar-refractivity contribution in [1.29, 1.82) is 0 Å². The summed E-state index contributed by atoms with van der Waals surface area (Å²) in [4.78, 5) is 4.22. The molecule has 98 valence electrons. The molecule has 0 spiro atoms. The monoisotopic (exact) mass is 274 g/mol. The Balaban J connectivity index is 2.18. The number of nitrogens with one attached hydrogen (secondary N) is 1. The topological polar surface area (TPSA) is 24.4 Å². The number of thioether (sulfide) groups is 1. The maximum Gasteiger partial charge on any atom is 0.161 e. The molecule has 0 saturated heterocycles. The van der Waals surface area contributed by atoms with Gasteiger partial charge in [-0.25, -0.2) is 13.2 Å². The van der Waals surface area contributed by atoms with Gasteiger partial charge in [-0.2, -0.15) is 0 Å². The van der Waals surface area contributed by atoms with Crippen LogP contribution in [0.25, 0.3) is 0 Å². The van der Waals surface area contributed by atoms with Gasteiger partial charge >= 0.3 is 0 Å². The average Bonchev–Trinajstić information content (AvgIpc) is 2.25. The maximum absolute atomic E-state index is 13.4. The summed E-state index contributed by atoms with van der Waals surface area (Å²) in [5.41, 5.74) is -0.280. The molecule has 0 fully saturated rings. The number of rotatable bonds is 1. The quantitative estimate of drug-likeness (QED) is 0.845.